The summed E-state index contributed by atoms with van der Waals surface area (Å²) in [5, 5.41) is 3.03. The fourth-order valence-corrected chi connectivity index (χ4v) is 8.67. The van der Waals surface area contributed by atoms with Crippen LogP contribution in [0.4, 0.5) is 0 Å². The third-order valence-electron chi connectivity index (χ3n) is 12.5. The number of amides is 1. The second-order valence-electron chi connectivity index (χ2n) is 20.8. The molecule has 0 fully saturated rings. The summed E-state index contributed by atoms with van der Waals surface area (Å²) in [5.41, 5.74) is 0. The molecule has 0 aromatic heterocycles. The Morgan fingerprint density at radius 3 is 1.34 bits per heavy atom. The van der Waals surface area contributed by atoms with Crippen LogP contribution in [0.3, 0.4) is 0 Å². The number of hydrogen-bond acceptors (Lipinski definition) is 6. The third-order valence-corrected chi connectivity index (χ3v) is 13.5. The van der Waals surface area contributed by atoms with Crippen molar-refractivity contribution in [2.45, 2.75) is 251 Å². The molecule has 420 valence electrons. The second-order valence-corrected chi connectivity index (χ2v) is 22.2. The fourth-order valence-electron chi connectivity index (χ4n) is 7.94. The molecule has 9 nitrogen and oxygen atoms in total. The zero-order chi connectivity index (χ0) is 53.6. The summed E-state index contributed by atoms with van der Waals surface area (Å²) in [4.78, 5) is 37.6. The summed E-state index contributed by atoms with van der Waals surface area (Å²) in [6.45, 7) is 6.82. The van der Waals surface area contributed by atoms with Crippen molar-refractivity contribution < 1.29 is 37.3 Å². The van der Waals surface area contributed by atoms with E-state index in [2.05, 4.69) is 111 Å². The third kappa shape index (κ3) is 53.6. The predicted molar refractivity (Wildman–Crippen MR) is 314 cm³/mol. The minimum Gasteiger partial charge on any atom is -0.456 e. The molecule has 0 heterocycles. The van der Waals surface area contributed by atoms with E-state index in [4.69, 9.17) is 13.8 Å². The van der Waals surface area contributed by atoms with Crippen LogP contribution in [-0.2, 0) is 27.9 Å². The molecule has 1 amide bonds. The van der Waals surface area contributed by atoms with Gasteiger partial charge in [0, 0.05) is 12.8 Å². The number of phosphoric ester groups is 1. The Hall–Kier alpha value is -3.07. The van der Waals surface area contributed by atoms with E-state index in [1.54, 1.807) is 0 Å². The maximum absolute atomic E-state index is 13.5. The summed E-state index contributed by atoms with van der Waals surface area (Å²) in [7, 11) is 1.46. The number of unbranched alkanes of at least 4 members (excludes halogenated alkanes) is 22. The van der Waals surface area contributed by atoms with E-state index in [1.807, 2.05) is 33.3 Å². The van der Waals surface area contributed by atoms with Gasteiger partial charge in [0.1, 0.15) is 19.3 Å². The van der Waals surface area contributed by atoms with Gasteiger partial charge in [0.25, 0.3) is 0 Å². The van der Waals surface area contributed by atoms with Crippen LogP contribution in [0.5, 0.6) is 0 Å². The highest BCUT2D eigenvalue weighted by Gasteiger charge is 2.30. The van der Waals surface area contributed by atoms with Gasteiger partial charge < -0.3 is 19.4 Å². The minimum atomic E-state index is -4.46. The highest BCUT2D eigenvalue weighted by molar-refractivity contribution is 7.47. The molecule has 0 aliphatic carbocycles. The number of esters is 1. The lowest BCUT2D eigenvalue weighted by Gasteiger charge is -2.27. The second kappa shape index (κ2) is 52.4. The predicted octanol–water partition coefficient (Wildman–Crippen LogP) is 18.0. The van der Waals surface area contributed by atoms with Crippen LogP contribution in [-0.4, -0.2) is 74.3 Å². The molecule has 0 aliphatic heterocycles. The first-order valence-corrected chi connectivity index (χ1v) is 31.1. The SMILES string of the molecule is CC/C=C/C/C=C/C/C=C/CCCCCCC(=O)OC(/C=C\CCCCCCCCCCCC)C(COP(=O)(O)OCC[N+](C)(C)C)NC(=O)CCCCCCC/C=C\C/C=C\C/C=C\C/C=C\CCCCC. The highest BCUT2D eigenvalue weighted by Crippen LogP contribution is 2.43. The topological polar surface area (TPSA) is 111 Å². The van der Waals surface area contributed by atoms with Crippen molar-refractivity contribution >= 4 is 19.7 Å². The van der Waals surface area contributed by atoms with E-state index in [-0.39, 0.29) is 31.5 Å². The molecular weight excluding hydrogens is 928 g/mol. The molecule has 0 aromatic rings. The Kier molecular flexibility index (Phi) is 50.2. The van der Waals surface area contributed by atoms with Gasteiger partial charge >= 0.3 is 13.8 Å². The average Bonchev–Trinajstić information content (AvgIpc) is 3.35. The van der Waals surface area contributed by atoms with E-state index in [1.165, 1.54) is 77.0 Å². The maximum atomic E-state index is 13.5. The van der Waals surface area contributed by atoms with Crippen LogP contribution >= 0.6 is 7.82 Å². The van der Waals surface area contributed by atoms with Gasteiger partial charge in [-0.25, -0.2) is 4.57 Å². The van der Waals surface area contributed by atoms with Gasteiger partial charge in [0.2, 0.25) is 5.91 Å². The van der Waals surface area contributed by atoms with Crippen LogP contribution in [0.2, 0.25) is 0 Å². The van der Waals surface area contributed by atoms with Crippen LogP contribution < -0.4 is 5.32 Å². The first-order chi connectivity index (χ1) is 35.4. The van der Waals surface area contributed by atoms with Crippen molar-refractivity contribution in [3.8, 4) is 0 Å². The quantitative estimate of drug-likeness (QED) is 0.0205. The summed E-state index contributed by atoms with van der Waals surface area (Å²) in [6, 6.07) is -0.872. The monoisotopic (exact) mass is 1040 g/mol. The highest BCUT2D eigenvalue weighted by atomic mass is 31.2. The number of nitrogens with zero attached hydrogens (tertiary/aromatic N) is 1. The molecule has 0 rings (SSSR count). The molecule has 0 aromatic carbocycles. The zero-order valence-electron chi connectivity index (χ0n) is 47.8. The van der Waals surface area contributed by atoms with Crippen molar-refractivity contribution in [3.05, 3.63) is 97.2 Å². The molecule has 0 spiro atoms. The van der Waals surface area contributed by atoms with Gasteiger partial charge in [-0.15, -0.1) is 0 Å². The van der Waals surface area contributed by atoms with Gasteiger partial charge in [-0.05, 0) is 109 Å². The lowest BCUT2D eigenvalue weighted by molar-refractivity contribution is -0.870. The van der Waals surface area contributed by atoms with Crippen LogP contribution in [0, 0.1) is 0 Å². The normalized spacial score (nSPS) is 14.5. The molecule has 0 saturated heterocycles. The number of quaternary nitrogens is 1. The molecule has 10 heteroatoms. The maximum Gasteiger partial charge on any atom is 0.472 e. The summed E-state index contributed by atoms with van der Waals surface area (Å²) < 4.78 is 30.6. The van der Waals surface area contributed by atoms with Crippen LogP contribution in [0.25, 0.3) is 0 Å². The van der Waals surface area contributed by atoms with Gasteiger partial charge in [0.15, 0.2) is 0 Å². The first-order valence-electron chi connectivity index (χ1n) is 29.6. The van der Waals surface area contributed by atoms with E-state index in [9.17, 15) is 19.0 Å². The number of phosphoric acid groups is 1. The number of allylic oxidation sites excluding steroid dienone is 15. The number of rotatable bonds is 52. The van der Waals surface area contributed by atoms with Crippen LogP contribution in [0.1, 0.15) is 239 Å². The molecule has 73 heavy (non-hydrogen) atoms. The van der Waals surface area contributed by atoms with Crippen LogP contribution in [0.15, 0.2) is 97.2 Å². The van der Waals surface area contributed by atoms with Gasteiger partial charge in [-0.1, -0.05) is 215 Å². The van der Waals surface area contributed by atoms with Gasteiger partial charge in [-0.2, -0.15) is 0 Å². The number of nitrogens with one attached hydrogen (secondary N) is 1. The van der Waals surface area contributed by atoms with E-state index >= 15 is 0 Å². The molecule has 0 bridgehead atoms. The molecule has 0 saturated carbocycles. The molecule has 3 unspecified atom stereocenters. The van der Waals surface area contributed by atoms with E-state index < -0.39 is 20.0 Å². The standard InChI is InChI=1S/C63H111N2O7P/c1-7-10-13-16-19-22-25-28-30-31-32-33-34-35-36-37-40-43-46-49-52-55-62(66)64-60(59-71-73(68,69)70-58-57-65(4,5)6)61(54-51-48-45-42-39-27-24-21-18-15-12-9-3)72-63(67)56-53-50-47-44-41-38-29-26-23-20-17-14-11-8-2/h11,14,19-20,22-23,28-30,32-33,35-36,38,51,54,60-61H,7-10,12-13,15-18,21,24-27,31,34,37,39-50,52-53,55-59H2,1-6H3,(H-,64,66,68,69)/p+1/b14-11+,22-19-,23-20+,30-28-,33-32-,36-35-,38-29+,54-51-. The van der Waals surface area contributed by atoms with Crippen molar-refractivity contribution in [1.82, 2.24) is 5.32 Å². The molecule has 3 atom stereocenters. The summed E-state index contributed by atoms with van der Waals surface area (Å²) in [5.74, 6) is -0.558. The van der Waals surface area contributed by atoms with Gasteiger partial charge in [0.05, 0.1) is 33.8 Å². The molecular formula is C63H112N2O7P+. The Labute approximate surface area is 449 Å². The van der Waals surface area contributed by atoms with Crippen molar-refractivity contribution in [2.75, 3.05) is 40.9 Å². The minimum absolute atomic E-state index is 0.0276. The lowest BCUT2D eigenvalue weighted by atomic mass is 10.0. The molecule has 2 N–H and O–H groups in total. The smallest absolute Gasteiger partial charge is 0.456 e. The number of hydrogen-bond donors (Lipinski definition) is 2. The van der Waals surface area contributed by atoms with Crippen molar-refractivity contribution in [1.29, 1.82) is 0 Å². The molecule has 0 aliphatic rings. The Balaban J connectivity index is 5.36. The summed E-state index contributed by atoms with van der Waals surface area (Å²) in [6.07, 6.45) is 69.7. The van der Waals surface area contributed by atoms with E-state index in [0.717, 1.165) is 122 Å². The fraction of sp³-hybridized carbons (Fsp3) is 0.714. The van der Waals surface area contributed by atoms with Crippen molar-refractivity contribution in [3.63, 3.8) is 0 Å². The molecule has 0 radical (unpaired) electrons. The Morgan fingerprint density at radius 2 is 0.877 bits per heavy atom. The Morgan fingerprint density at radius 1 is 0.493 bits per heavy atom. The Bertz CT molecular complexity index is 1570. The van der Waals surface area contributed by atoms with Gasteiger partial charge in [-0.3, -0.25) is 18.6 Å². The largest absolute Gasteiger partial charge is 0.472 e. The summed E-state index contributed by atoms with van der Waals surface area (Å²) >= 11 is 0. The zero-order valence-corrected chi connectivity index (χ0v) is 48.7. The first kappa shape index (κ1) is 69.9. The number of carbonyl (C=O) groups is 2. The number of carbonyl (C=O) groups excluding carboxylic acids is 2. The van der Waals surface area contributed by atoms with Crippen molar-refractivity contribution in [2.24, 2.45) is 0 Å². The van der Waals surface area contributed by atoms with E-state index in [0.29, 0.717) is 23.9 Å². The number of likely N-dealkylation sites (N-methyl/N-ethyl adjacent to an activating group) is 1. The lowest BCUT2D eigenvalue weighted by Crippen LogP contribution is -2.47. The average molecular weight is 1040 g/mol. The number of ether oxygens (including phenoxy) is 1.